The highest BCUT2D eigenvalue weighted by Crippen LogP contribution is 2.28. The lowest BCUT2D eigenvalue weighted by Gasteiger charge is -2.16. The first kappa shape index (κ1) is 15.9. The maximum absolute atomic E-state index is 13.0. The van der Waals surface area contributed by atoms with Crippen LogP contribution < -0.4 is 4.74 Å². The molecule has 2 aromatic carbocycles. The molecule has 0 aliphatic carbocycles. The number of hydrogen-bond acceptors (Lipinski definition) is 3. The average Bonchev–Trinajstić information content (AvgIpc) is 3.43. The summed E-state index contributed by atoms with van der Waals surface area (Å²) in [4.78, 5) is 22.6. The lowest BCUT2D eigenvalue weighted by molar-refractivity contribution is 0.0783. The Labute approximate surface area is 156 Å². The van der Waals surface area contributed by atoms with Crippen LogP contribution in [0.2, 0.25) is 0 Å². The van der Waals surface area contributed by atoms with Gasteiger partial charge in [0.15, 0.2) is 0 Å². The first-order chi connectivity index (χ1) is 13.2. The van der Waals surface area contributed by atoms with Crippen LogP contribution in [-0.4, -0.2) is 45.5 Å². The van der Waals surface area contributed by atoms with Gasteiger partial charge in [0.05, 0.1) is 30.5 Å². The van der Waals surface area contributed by atoms with Crippen molar-refractivity contribution in [3.05, 3.63) is 60.6 Å². The lowest BCUT2D eigenvalue weighted by atomic mass is 10.2. The van der Waals surface area contributed by atoms with Crippen LogP contribution in [0.25, 0.3) is 21.9 Å². The van der Waals surface area contributed by atoms with Gasteiger partial charge in [-0.05, 0) is 36.8 Å². The topological polar surface area (TPSA) is 63.1 Å². The van der Waals surface area contributed by atoms with Crippen LogP contribution in [0.5, 0.6) is 5.75 Å². The maximum Gasteiger partial charge on any atom is 0.270 e. The van der Waals surface area contributed by atoms with Gasteiger partial charge in [0.1, 0.15) is 11.4 Å². The van der Waals surface area contributed by atoms with Gasteiger partial charge in [0.25, 0.3) is 5.91 Å². The van der Waals surface area contributed by atoms with E-state index in [1.807, 2.05) is 53.7 Å². The predicted octanol–water partition coefficient (Wildman–Crippen LogP) is 3.61. The number of benzene rings is 2. The zero-order valence-corrected chi connectivity index (χ0v) is 15.1. The molecule has 1 fully saturated rings. The second-order valence-corrected chi connectivity index (χ2v) is 6.97. The van der Waals surface area contributed by atoms with Gasteiger partial charge in [-0.15, -0.1) is 0 Å². The van der Waals surface area contributed by atoms with Gasteiger partial charge in [-0.25, -0.2) is 4.98 Å². The molecule has 0 radical (unpaired) electrons. The molecule has 1 atom stereocenters. The van der Waals surface area contributed by atoms with E-state index in [-0.39, 0.29) is 11.9 Å². The van der Waals surface area contributed by atoms with E-state index >= 15 is 0 Å². The molecule has 6 heteroatoms. The fraction of sp³-hybridized carbons (Fsp3) is 0.238. The molecule has 1 amide bonds. The quantitative estimate of drug-likeness (QED) is 0.607. The zero-order valence-electron chi connectivity index (χ0n) is 15.1. The first-order valence-corrected chi connectivity index (χ1v) is 9.10. The normalized spacial score (nSPS) is 17.1. The predicted molar refractivity (Wildman–Crippen MR) is 104 cm³/mol. The molecule has 27 heavy (non-hydrogen) atoms. The summed E-state index contributed by atoms with van der Waals surface area (Å²) in [6.45, 7) is 1.44. The van der Waals surface area contributed by atoms with Crippen molar-refractivity contribution in [2.45, 2.75) is 12.5 Å². The van der Waals surface area contributed by atoms with Crippen molar-refractivity contribution in [1.29, 1.82) is 0 Å². The van der Waals surface area contributed by atoms with E-state index in [1.54, 1.807) is 7.11 Å². The van der Waals surface area contributed by atoms with Crippen molar-refractivity contribution in [2.24, 2.45) is 0 Å². The third-order valence-corrected chi connectivity index (χ3v) is 5.39. The number of nitrogens with zero attached hydrogens (tertiary/aromatic N) is 3. The highest BCUT2D eigenvalue weighted by atomic mass is 16.5. The Balaban J connectivity index is 1.39. The van der Waals surface area contributed by atoms with Crippen LogP contribution in [0.1, 0.15) is 23.0 Å². The summed E-state index contributed by atoms with van der Waals surface area (Å²) >= 11 is 0. The molecule has 5 rings (SSSR count). The highest BCUT2D eigenvalue weighted by molar-refractivity contribution is 5.98. The number of carbonyl (C=O) groups is 1. The van der Waals surface area contributed by atoms with Crippen LogP contribution in [0.4, 0.5) is 0 Å². The van der Waals surface area contributed by atoms with Gasteiger partial charge in [-0.3, -0.25) is 4.79 Å². The van der Waals surface area contributed by atoms with Crippen LogP contribution >= 0.6 is 0 Å². The van der Waals surface area contributed by atoms with Crippen molar-refractivity contribution in [2.75, 3.05) is 20.2 Å². The summed E-state index contributed by atoms with van der Waals surface area (Å²) in [6, 6.07) is 16.1. The number of rotatable bonds is 3. The lowest BCUT2D eigenvalue weighted by Crippen LogP contribution is -2.29. The number of fused-ring (bicyclic) bond motifs is 2. The summed E-state index contributed by atoms with van der Waals surface area (Å²) in [5.41, 5.74) is 3.64. The number of aromatic nitrogens is 3. The van der Waals surface area contributed by atoms with Crippen LogP contribution in [0.3, 0.4) is 0 Å². The standard InChI is InChI=1S/C21H20N4O2/c1-27-16-7-6-14-10-19(23-18(14)11-16)21(26)24-9-8-15(12-24)25-13-22-17-4-2-3-5-20(17)25/h2-7,10-11,13,15,23H,8-9,12H2,1H3. The number of methoxy groups -OCH3 is 1. The van der Waals surface area contributed by atoms with Gasteiger partial charge < -0.3 is 19.2 Å². The molecule has 136 valence electrons. The zero-order chi connectivity index (χ0) is 18.4. The summed E-state index contributed by atoms with van der Waals surface area (Å²) < 4.78 is 7.45. The fourth-order valence-corrected chi connectivity index (χ4v) is 3.94. The van der Waals surface area contributed by atoms with E-state index in [2.05, 4.69) is 20.6 Å². The van der Waals surface area contributed by atoms with Crippen LogP contribution in [-0.2, 0) is 0 Å². The Morgan fingerprint density at radius 2 is 2.11 bits per heavy atom. The van der Waals surface area contributed by atoms with Gasteiger partial charge in [-0.1, -0.05) is 12.1 Å². The molecule has 1 aliphatic rings. The van der Waals surface area contributed by atoms with E-state index in [4.69, 9.17) is 4.74 Å². The van der Waals surface area contributed by atoms with Gasteiger partial charge in [0.2, 0.25) is 0 Å². The van der Waals surface area contributed by atoms with Crippen molar-refractivity contribution >= 4 is 27.8 Å². The van der Waals surface area contributed by atoms with Crippen molar-refractivity contribution in [1.82, 2.24) is 19.4 Å². The Bertz CT molecular complexity index is 1140. The SMILES string of the molecule is COc1ccc2cc(C(=O)N3CCC(n4cnc5ccccc54)C3)[nH]c2c1. The highest BCUT2D eigenvalue weighted by Gasteiger charge is 2.29. The van der Waals surface area contributed by atoms with Crippen LogP contribution in [0, 0.1) is 0 Å². The minimum atomic E-state index is 0.0390. The number of aromatic amines is 1. The fourth-order valence-electron chi connectivity index (χ4n) is 3.94. The van der Waals surface area contributed by atoms with Crippen molar-refractivity contribution < 1.29 is 9.53 Å². The number of amides is 1. The molecule has 6 nitrogen and oxygen atoms in total. The number of H-pyrrole nitrogens is 1. The molecule has 1 aliphatic heterocycles. The molecule has 2 aromatic heterocycles. The van der Waals surface area contributed by atoms with E-state index < -0.39 is 0 Å². The molecule has 1 N–H and O–H groups in total. The second kappa shape index (κ2) is 6.16. The summed E-state index contributed by atoms with van der Waals surface area (Å²) in [5, 5.41) is 1.01. The maximum atomic E-state index is 13.0. The summed E-state index contributed by atoms with van der Waals surface area (Å²) in [7, 11) is 1.64. The molecule has 3 heterocycles. The van der Waals surface area contributed by atoms with E-state index in [0.29, 0.717) is 12.2 Å². The monoisotopic (exact) mass is 360 g/mol. The Kier molecular flexibility index (Phi) is 3.63. The molecule has 0 spiro atoms. The molecule has 1 saturated heterocycles. The number of imidazole rings is 1. The van der Waals surface area contributed by atoms with Crippen LogP contribution in [0.15, 0.2) is 54.9 Å². The van der Waals surface area contributed by atoms with E-state index in [1.165, 1.54) is 0 Å². The van der Waals surface area contributed by atoms with Crippen molar-refractivity contribution in [3.8, 4) is 5.75 Å². The smallest absolute Gasteiger partial charge is 0.270 e. The number of likely N-dealkylation sites (tertiary alicyclic amines) is 1. The minimum absolute atomic E-state index is 0.0390. The Hall–Kier alpha value is -3.28. The number of ether oxygens (including phenoxy) is 1. The Morgan fingerprint density at radius 3 is 3.00 bits per heavy atom. The third kappa shape index (κ3) is 2.65. The van der Waals surface area contributed by atoms with Crippen molar-refractivity contribution in [3.63, 3.8) is 0 Å². The van der Waals surface area contributed by atoms with E-state index in [9.17, 15) is 4.79 Å². The number of carbonyl (C=O) groups excluding carboxylic acids is 1. The molecule has 0 bridgehead atoms. The van der Waals surface area contributed by atoms with E-state index in [0.717, 1.165) is 40.7 Å². The summed E-state index contributed by atoms with van der Waals surface area (Å²) in [5.74, 6) is 0.814. The molecule has 4 aromatic rings. The third-order valence-electron chi connectivity index (χ3n) is 5.39. The number of para-hydroxylation sites is 2. The molecular weight excluding hydrogens is 340 g/mol. The second-order valence-electron chi connectivity index (χ2n) is 6.97. The Morgan fingerprint density at radius 1 is 1.22 bits per heavy atom. The molecule has 0 saturated carbocycles. The molecular formula is C21H20N4O2. The summed E-state index contributed by atoms with van der Waals surface area (Å²) in [6.07, 6.45) is 2.82. The number of hydrogen-bond donors (Lipinski definition) is 1. The number of nitrogens with one attached hydrogen (secondary N) is 1. The molecule has 1 unspecified atom stereocenters. The first-order valence-electron chi connectivity index (χ1n) is 9.10. The van der Waals surface area contributed by atoms with Gasteiger partial charge >= 0.3 is 0 Å². The van der Waals surface area contributed by atoms with Gasteiger partial charge in [-0.2, -0.15) is 0 Å². The largest absolute Gasteiger partial charge is 0.497 e. The van der Waals surface area contributed by atoms with Gasteiger partial charge in [0, 0.05) is 30.1 Å². The average molecular weight is 360 g/mol. The minimum Gasteiger partial charge on any atom is -0.497 e.